The van der Waals surface area contributed by atoms with Crippen molar-refractivity contribution in [2.45, 2.75) is 19.3 Å². The predicted molar refractivity (Wildman–Crippen MR) is 111 cm³/mol. The standard InChI is InChI=1S/C21H23FN2O3S/c1-13(2)12-27-17-9-8-14(10-18(17)26-3)11-19-20(25)24-21(28-19)23-16-7-5-4-6-15(16)22/h4-11,13,21,23H,12H2,1-3H3,(H,24,25)/b19-11-. The number of benzene rings is 2. The highest BCUT2D eigenvalue weighted by molar-refractivity contribution is 8.05. The number of rotatable bonds is 7. The van der Waals surface area contributed by atoms with Gasteiger partial charge in [0.05, 0.1) is 24.3 Å². The molecule has 1 heterocycles. The minimum absolute atomic E-state index is 0.210. The zero-order valence-electron chi connectivity index (χ0n) is 16.0. The second-order valence-electron chi connectivity index (χ2n) is 6.72. The van der Waals surface area contributed by atoms with E-state index in [1.165, 1.54) is 17.8 Å². The molecule has 1 atom stereocenters. The average molecular weight is 402 g/mol. The fourth-order valence-corrected chi connectivity index (χ4v) is 3.56. The van der Waals surface area contributed by atoms with Gasteiger partial charge in [0.1, 0.15) is 5.82 Å². The number of carbonyl (C=O) groups excluding carboxylic acids is 1. The maximum atomic E-state index is 13.8. The molecule has 0 radical (unpaired) electrons. The molecular formula is C21H23FN2O3S. The molecule has 1 saturated heterocycles. The molecule has 1 unspecified atom stereocenters. The molecule has 1 amide bonds. The van der Waals surface area contributed by atoms with Crippen molar-refractivity contribution in [3.8, 4) is 11.5 Å². The first kappa shape index (κ1) is 20.1. The third-order valence-corrected chi connectivity index (χ3v) is 4.98. The molecule has 2 aromatic carbocycles. The number of carbonyl (C=O) groups is 1. The lowest BCUT2D eigenvalue weighted by molar-refractivity contribution is -0.116. The molecule has 7 heteroatoms. The van der Waals surface area contributed by atoms with Gasteiger partial charge in [0.2, 0.25) is 0 Å². The van der Waals surface area contributed by atoms with Gasteiger partial charge < -0.3 is 20.1 Å². The van der Waals surface area contributed by atoms with Crippen molar-refractivity contribution in [1.29, 1.82) is 0 Å². The minimum Gasteiger partial charge on any atom is -0.493 e. The first-order chi connectivity index (χ1) is 13.5. The Hall–Kier alpha value is -2.67. The molecule has 2 N–H and O–H groups in total. The molecule has 5 nitrogen and oxygen atoms in total. The van der Waals surface area contributed by atoms with Gasteiger partial charge in [0, 0.05) is 0 Å². The zero-order valence-corrected chi connectivity index (χ0v) is 16.8. The highest BCUT2D eigenvalue weighted by Crippen LogP contribution is 2.33. The van der Waals surface area contributed by atoms with Crippen LogP contribution in [0.3, 0.4) is 0 Å². The minimum atomic E-state index is -0.439. The molecule has 1 aliphatic heterocycles. The van der Waals surface area contributed by atoms with Crippen molar-refractivity contribution in [2.75, 3.05) is 19.0 Å². The highest BCUT2D eigenvalue weighted by atomic mass is 32.2. The van der Waals surface area contributed by atoms with Crippen molar-refractivity contribution < 1.29 is 18.7 Å². The van der Waals surface area contributed by atoms with Gasteiger partial charge in [-0.05, 0) is 41.8 Å². The molecule has 1 fully saturated rings. The van der Waals surface area contributed by atoms with E-state index < -0.39 is 5.50 Å². The van der Waals surface area contributed by atoms with E-state index in [4.69, 9.17) is 9.47 Å². The Labute approximate surface area is 168 Å². The lowest BCUT2D eigenvalue weighted by atomic mass is 10.2. The quantitative estimate of drug-likeness (QED) is 0.669. The number of ether oxygens (including phenoxy) is 2. The lowest BCUT2D eigenvalue weighted by Gasteiger charge is -2.13. The Bertz CT molecular complexity index is 886. The molecule has 148 valence electrons. The maximum Gasteiger partial charge on any atom is 0.260 e. The van der Waals surface area contributed by atoms with E-state index in [2.05, 4.69) is 24.5 Å². The fraction of sp³-hybridized carbons (Fsp3) is 0.286. The van der Waals surface area contributed by atoms with Crippen LogP contribution in [0.1, 0.15) is 19.4 Å². The van der Waals surface area contributed by atoms with Gasteiger partial charge in [-0.15, -0.1) is 0 Å². The van der Waals surface area contributed by atoms with Gasteiger partial charge in [-0.3, -0.25) is 4.79 Å². The van der Waals surface area contributed by atoms with E-state index in [9.17, 15) is 9.18 Å². The molecule has 0 saturated carbocycles. The van der Waals surface area contributed by atoms with Crippen LogP contribution in [0.2, 0.25) is 0 Å². The van der Waals surface area contributed by atoms with Crippen molar-refractivity contribution in [3.05, 3.63) is 58.8 Å². The Kier molecular flexibility index (Phi) is 6.46. The molecule has 28 heavy (non-hydrogen) atoms. The monoisotopic (exact) mass is 402 g/mol. The van der Waals surface area contributed by atoms with E-state index in [1.807, 2.05) is 18.2 Å². The SMILES string of the molecule is COc1cc(/C=C2\SC(Nc3ccccc3F)NC2=O)ccc1OCC(C)C. The average Bonchev–Trinajstić information content (AvgIpc) is 3.01. The van der Waals surface area contributed by atoms with Gasteiger partial charge in [-0.1, -0.05) is 43.8 Å². The van der Waals surface area contributed by atoms with Gasteiger partial charge in [0.15, 0.2) is 17.0 Å². The Balaban J connectivity index is 1.72. The first-order valence-corrected chi connectivity index (χ1v) is 9.85. The molecule has 0 bridgehead atoms. The van der Waals surface area contributed by atoms with Crippen LogP contribution in [0.5, 0.6) is 11.5 Å². The summed E-state index contributed by atoms with van der Waals surface area (Å²) in [7, 11) is 1.58. The summed E-state index contributed by atoms with van der Waals surface area (Å²) in [5.74, 6) is 1.11. The first-order valence-electron chi connectivity index (χ1n) is 8.97. The van der Waals surface area contributed by atoms with E-state index in [1.54, 1.807) is 31.4 Å². The number of methoxy groups -OCH3 is 1. The molecule has 2 aromatic rings. The maximum absolute atomic E-state index is 13.8. The van der Waals surface area contributed by atoms with E-state index in [-0.39, 0.29) is 11.7 Å². The van der Waals surface area contributed by atoms with Gasteiger partial charge in [-0.2, -0.15) is 0 Å². The molecular weight excluding hydrogens is 379 g/mol. The van der Waals surface area contributed by atoms with Crippen LogP contribution in [0.25, 0.3) is 6.08 Å². The predicted octanol–water partition coefficient (Wildman–Crippen LogP) is 4.47. The van der Waals surface area contributed by atoms with Crippen LogP contribution in [0, 0.1) is 11.7 Å². The largest absolute Gasteiger partial charge is 0.493 e. The third kappa shape index (κ3) is 4.98. The summed E-state index contributed by atoms with van der Waals surface area (Å²) in [4.78, 5) is 12.8. The van der Waals surface area contributed by atoms with E-state index in [0.717, 1.165) is 5.56 Å². The van der Waals surface area contributed by atoms with Crippen LogP contribution in [-0.2, 0) is 4.79 Å². The summed E-state index contributed by atoms with van der Waals surface area (Å²) in [5, 5.41) is 5.78. The topological polar surface area (TPSA) is 59.6 Å². The van der Waals surface area contributed by atoms with Crippen LogP contribution in [0.15, 0.2) is 47.4 Å². The Morgan fingerprint density at radius 3 is 2.75 bits per heavy atom. The fourth-order valence-electron chi connectivity index (χ4n) is 2.59. The number of anilines is 1. The van der Waals surface area contributed by atoms with Crippen LogP contribution >= 0.6 is 11.8 Å². The van der Waals surface area contributed by atoms with E-state index in [0.29, 0.717) is 34.6 Å². The summed E-state index contributed by atoms with van der Waals surface area (Å²) in [6.07, 6.45) is 1.78. The summed E-state index contributed by atoms with van der Waals surface area (Å²) in [5.41, 5.74) is 0.721. The number of nitrogens with one attached hydrogen (secondary N) is 2. The van der Waals surface area contributed by atoms with Gasteiger partial charge in [-0.25, -0.2) is 4.39 Å². The van der Waals surface area contributed by atoms with Gasteiger partial charge >= 0.3 is 0 Å². The summed E-state index contributed by atoms with van der Waals surface area (Å²) < 4.78 is 25.0. The molecule has 0 aromatic heterocycles. The summed E-state index contributed by atoms with van der Waals surface area (Å²) >= 11 is 1.30. The molecule has 3 rings (SSSR count). The number of thioether (sulfide) groups is 1. The number of hydrogen-bond donors (Lipinski definition) is 2. The van der Waals surface area contributed by atoms with Gasteiger partial charge in [0.25, 0.3) is 5.91 Å². The zero-order chi connectivity index (χ0) is 20.1. The Morgan fingerprint density at radius 1 is 1.25 bits per heavy atom. The second-order valence-corrected chi connectivity index (χ2v) is 7.87. The number of amides is 1. The number of halogens is 1. The van der Waals surface area contributed by atoms with E-state index >= 15 is 0 Å². The van der Waals surface area contributed by atoms with Crippen molar-refractivity contribution in [2.24, 2.45) is 5.92 Å². The third-order valence-electron chi connectivity index (χ3n) is 3.95. The normalized spacial score (nSPS) is 17.7. The smallest absolute Gasteiger partial charge is 0.260 e. The number of para-hydroxylation sites is 1. The van der Waals surface area contributed by atoms with Crippen molar-refractivity contribution in [1.82, 2.24) is 5.32 Å². The van der Waals surface area contributed by atoms with Crippen LogP contribution in [-0.4, -0.2) is 25.1 Å². The summed E-state index contributed by atoms with van der Waals surface area (Å²) in [6, 6.07) is 11.9. The van der Waals surface area contributed by atoms with Crippen molar-refractivity contribution >= 4 is 29.4 Å². The second kappa shape index (κ2) is 9.01. The van der Waals surface area contributed by atoms with Crippen molar-refractivity contribution in [3.63, 3.8) is 0 Å². The molecule has 1 aliphatic rings. The number of hydrogen-bond acceptors (Lipinski definition) is 5. The summed E-state index contributed by atoms with van der Waals surface area (Å²) in [6.45, 7) is 4.75. The Morgan fingerprint density at radius 2 is 2.04 bits per heavy atom. The van der Waals surface area contributed by atoms with Crippen LogP contribution < -0.4 is 20.1 Å². The lowest BCUT2D eigenvalue weighted by Crippen LogP contribution is -2.31. The molecule has 0 aliphatic carbocycles. The highest BCUT2D eigenvalue weighted by Gasteiger charge is 2.27. The molecule has 0 spiro atoms. The van der Waals surface area contributed by atoms with Crippen LogP contribution in [0.4, 0.5) is 10.1 Å².